The van der Waals surface area contributed by atoms with Crippen molar-refractivity contribution in [3.8, 4) is 0 Å². The topological polar surface area (TPSA) is 229 Å². The molecule has 0 saturated heterocycles. The summed E-state index contributed by atoms with van der Waals surface area (Å²) in [6.07, 6.45) is 0. The normalized spacial score (nSPS) is 14.8. The molecule has 0 fully saturated rings. The van der Waals surface area contributed by atoms with Crippen LogP contribution in [-0.2, 0) is 9.59 Å². The average molecular weight is 573 g/mol. The number of anilines is 4. The first-order valence-electron chi connectivity index (χ1n) is 9.91. The molecule has 0 aliphatic rings. The van der Waals surface area contributed by atoms with Crippen LogP contribution in [0.1, 0.15) is 27.7 Å². The molecule has 1 heterocycles. The van der Waals surface area contributed by atoms with Crippen LogP contribution >= 0.6 is 20.0 Å². The summed E-state index contributed by atoms with van der Waals surface area (Å²) in [7, 11) is 2.95. The molecule has 186 valence electrons. The third-order valence-corrected chi connectivity index (χ3v) is 20.5. The molecule has 15 heteroatoms. The summed E-state index contributed by atoms with van der Waals surface area (Å²) in [6, 6.07) is 5.19. The van der Waals surface area contributed by atoms with Crippen LogP contribution in [0.2, 0.25) is 0 Å². The molecule has 12 nitrogen and oxygen atoms in total. The minimum absolute atomic E-state index is 0.0127. The summed E-state index contributed by atoms with van der Waals surface area (Å²) in [5.41, 5.74) is 23.8. The van der Waals surface area contributed by atoms with Gasteiger partial charge in [-0.05, 0) is 0 Å². The van der Waals surface area contributed by atoms with Gasteiger partial charge in [0.25, 0.3) is 0 Å². The fraction of sp³-hybridized carbons (Fsp3) is 0.421. The molecule has 1 aromatic carbocycles. The van der Waals surface area contributed by atoms with E-state index in [1.807, 2.05) is 24.3 Å². The third-order valence-electron chi connectivity index (χ3n) is 4.67. The van der Waals surface area contributed by atoms with Crippen molar-refractivity contribution in [2.75, 3.05) is 16.8 Å². The van der Waals surface area contributed by atoms with Gasteiger partial charge in [-0.2, -0.15) is 0 Å². The van der Waals surface area contributed by atoms with Crippen LogP contribution in [0.15, 0.2) is 24.3 Å². The van der Waals surface area contributed by atoms with Crippen molar-refractivity contribution in [2.45, 2.75) is 49.3 Å². The van der Waals surface area contributed by atoms with E-state index in [9.17, 15) is 19.8 Å². The maximum absolute atomic E-state index is 11.5. The fourth-order valence-corrected chi connectivity index (χ4v) is 21.1. The number of hydrogen-bond acceptors (Lipinski definition) is 12. The molecule has 34 heavy (non-hydrogen) atoms. The van der Waals surface area contributed by atoms with Crippen LogP contribution in [0.4, 0.5) is 23.5 Å². The van der Waals surface area contributed by atoms with Crippen LogP contribution in [0, 0.1) is 0 Å². The second-order valence-electron chi connectivity index (χ2n) is 8.33. The number of nitrogens with two attached hydrogens (primary N) is 4. The van der Waals surface area contributed by atoms with Crippen molar-refractivity contribution in [1.82, 2.24) is 15.0 Å². The molecule has 2 atom stereocenters. The molecule has 11 N–H and O–H groups in total. The van der Waals surface area contributed by atoms with Gasteiger partial charge in [-0.15, -0.1) is 0 Å². The summed E-state index contributed by atoms with van der Waals surface area (Å²) in [6.45, 7) is 7.09. The SMILES string of the molecule is CC(C)(S[As](SC(C)(C)C(N)C(=O)O)c1ccc(Nc2nc(N)nc(N)n2)cc1)C(N)C(=O)O. The predicted molar refractivity (Wildman–Crippen MR) is 138 cm³/mol. The van der Waals surface area contributed by atoms with E-state index < -0.39 is 45.9 Å². The Hall–Kier alpha value is -2.25. The zero-order valence-electron chi connectivity index (χ0n) is 19.1. The van der Waals surface area contributed by atoms with Gasteiger partial charge < -0.3 is 0 Å². The number of hydrogen-bond donors (Lipinski definition) is 7. The number of nitrogens with zero attached hydrogens (tertiary/aromatic N) is 3. The van der Waals surface area contributed by atoms with Crippen LogP contribution in [0.5, 0.6) is 0 Å². The van der Waals surface area contributed by atoms with Gasteiger partial charge in [0.2, 0.25) is 0 Å². The summed E-state index contributed by atoms with van der Waals surface area (Å²) >= 11 is -2.21. The van der Waals surface area contributed by atoms with E-state index >= 15 is 0 Å². The van der Waals surface area contributed by atoms with E-state index in [1.165, 1.54) is 20.0 Å². The number of carbonyl (C=O) groups is 2. The zero-order chi connectivity index (χ0) is 25.8. The van der Waals surface area contributed by atoms with Gasteiger partial charge in [-0.3, -0.25) is 0 Å². The Kier molecular flexibility index (Phi) is 9.05. The average Bonchev–Trinajstić information content (AvgIpc) is 2.71. The number of carboxylic acids is 2. The van der Waals surface area contributed by atoms with Crippen molar-refractivity contribution < 1.29 is 19.8 Å². The molecule has 1 aromatic heterocycles. The van der Waals surface area contributed by atoms with E-state index in [-0.39, 0.29) is 17.8 Å². The summed E-state index contributed by atoms with van der Waals surface area (Å²) in [5, 5.41) is 21.9. The number of aliphatic carboxylic acids is 2. The first kappa shape index (κ1) is 28.0. The molecule has 0 bridgehead atoms. The molecular weight excluding hydrogens is 543 g/mol. The molecule has 0 spiro atoms. The molecule has 2 rings (SSSR count). The predicted octanol–water partition coefficient (Wildman–Crippen LogP) is 0.322. The first-order chi connectivity index (χ1) is 15.6. The summed E-state index contributed by atoms with van der Waals surface area (Å²) in [4.78, 5) is 34.8. The van der Waals surface area contributed by atoms with Gasteiger partial charge in [-0.25, -0.2) is 0 Å². The Labute approximate surface area is 208 Å². The molecular formula is C19H29AsN8O4S2. The Balaban J connectivity index is 2.35. The number of benzene rings is 1. The van der Waals surface area contributed by atoms with Crippen molar-refractivity contribution >= 4 is 72.2 Å². The quantitative estimate of drug-likeness (QED) is 0.180. The Morgan fingerprint density at radius 1 is 0.882 bits per heavy atom. The number of nitrogens with one attached hydrogen (secondary N) is 1. The summed E-state index contributed by atoms with van der Waals surface area (Å²) < 4.78 is -0.655. The van der Waals surface area contributed by atoms with E-state index in [0.717, 1.165) is 4.35 Å². The second kappa shape index (κ2) is 11.0. The van der Waals surface area contributed by atoms with E-state index in [4.69, 9.17) is 22.9 Å². The first-order valence-corrected chi connectivity index (χ1v) is 17.0. The molecule has 0 aliphatic carbocycles. The number of aromatic nitrogens is 3. The van der Waals surface area contributed by atoms with Crippen molar-refractivity contribution in [3.63, 3.8) is 0 Å². The van der Waals surface area contributed by atoms with Crippen LogP contribution in [0.3, 0.4) is 0 Å². The standard InChI is InChI=1S/C19H29AsN8O4S2/c1-18(2,11(21)13(29)30)33-20(34-19(3,4)12(22)14(31)32)9-5-7-10(8-6-9)25-17-27-15(23)26-16(24)28-17/h5-8,11-12H,21-22H2,1-4H3,(H,29,30)(H,31,32)(H5,23,24,25,26,27,28). The molecule has 0 saturated carbocycles. The van der Waals surface area contributed by atoms with Gasteiger partial charge >= 0.3 is 209 Å². The minimum atomic E-state index is -2.21. The number of carboxylic acid groups (broad SMARTS) is 2. The van der Waals surface area contributed by atoms with Gasteiger partial charge in [0.15, 0.2) is 0 Å². The number of nitrogen functional groups attached to an aromatic ring is 2. The molecule has 2 unspecified atom stereocenters. The van der Waals surface area contributed by atoms with E-state index in [2.05, 4.69) is 20.3 Å². The fourth-order valence-electron chi connectivity index (χ4n) is 2.52. The van der Waals surface area contributed by atoms with Crippen LogP contribution in [-0.4, -0.2) is 71.0 Å². The molecule has 2 aromatic rings. The van der Waals surface area contributed by atoms with Crippen molar-refractivity contribution in [3.05, 3.63) is 24.3 Å². The second-order valence-corrected chi connectivity index (χ2v) is 20.3. The molecule has 0 aliphatic heterocycles. The molecule has 0 amide bonds. The van der Waals surface area contributed by atoms with Crippen molar-refractivity contribution in [2.24, 2.45) is 11.5 Å². The maximum atomic E-state index is 11.5. The Morgan fingerprint density at radius 2 is 1.29 bits per heavy atom. The van der Waals surface area contributed by atoms with E-state index in [0.29, 0.717) is 5.69 Å². The number of rotatable bonds is 11. The van der Waals surface area contributed by atoms with Crippen LogP contribution in [0.25, 0.3) is 0 Å². The van der Waals surface area contributed by atoms with Crippen molar-refractivity contribution in [1.29, 1.82) is 0 Å². The van der Waals surface area contributed by atoms with Gasteiger partial charge in [-0.1, -0.05) is 0 Å². The Bertz CT molecular complexity index is 987. The van der Waals surface area contributed by atoms with Gasteiger partial charge in [0.1, 0.15) is 0 Å². The van der Waals surface area contributed by atoms with E-state index in [1.54, 1.807) is 27.7 Å². The Morgan fingerprint density at radius 3 is 1.68 bits per heavy atom. The van der Waals surface area contributed by atoms with Crippen LogP contribution < -0.4 is 32.6 Å². The summed E-state index contributed by atoms with van der Waals surface area (Å²) in [5.74, 6) is -2.04. The monoisotopic (exact) mass is 572 g/mol. The van der Waals surface area contributed by atoms with Gasteiger partial charge in [0.05, 0.1) is 0 Å². The van der Waals surface area contributed by atoms with Gasteiger partial charge in [0, 0.05) is 0 Å². The molecule has 0 radical (unpaired) electrons. The third kappa shape index (κ3) is 7.37. The zero-order valence-corrected chi connectivity index (χ0v) is 22.6.